The molecule has 0 aromatic heterocycles. The highest BCUT2D eigenvalue weighted by atomic mass is 79.9. The van der Waals surface area contributed by atoms with Crippen molar-refractivity contribution in [1.29, 1.82) is 0 Å². The zero-order valence-electron chi connectivity index (χ0n) is 9.59. The number of halogens is 4. The van der Waals surface area contributed by atoms with Gasteiger partial charge in [-0.1, -0.05) is 29.3 Å². The fourth-order valence-corrected chi connectivity index (χ4v) is 3.49. The zero-order chi connectivity index (χ0) is 14.0. The molecule has 2 rings (SSSR count). The average Bonchev–Trinajstić information content (AvgIpc) is 2.31. The minimum Gasteiger partial charge on any atom is -0.486 e. The van der Waals surface area contributed by atoms with Crippen LogP contribution >= 0.6 is 55.1 Å². The molecule has 0 aliphatic rings. The predicted octanol–water partition coefficient (Wildman–Crippen LogP) is 5.68. The standard InChI is InChI=1S/C13H9Br2Cl2NO/c14-9-4-7(18)5-10(15)13(9)19-6-8-11(16)2-1-3-12(8)17/h1-5H,6,18H2. The molecule has 0 spiro atoms. The molecule has 2 aromatic carbocycles. The van der Waals surface area contributed by atoms with Gasteiger partial charge in [-0.25, -0.2) is 0 Å². The molecule has 2 nitrogen and oxygen atoms in total. The number of benzene rings is 2. The van der Waals surface area contributed by atoms with Crippen LogP contribution in [0, 0.1) is 0 Å². The van der Waals surface area contributed by atoms with E-state index in [-0.39, 0.29) is 6.61 Å². The summed E-state index contributed by atoms with van der Waals surface area (Å²) in [7, 11) is 0. The molecule has 6 heteroatoms. The van der Waals surface area contributed by atoms with E-state index in [1.807, 2.05) is 0 Å². The molecule has 0 aliphatic carbocycles. The molecule has 2 aromatic rings. The van der Waals surface area contributed by atoms with Gasteiger partial charge in [-0.15, -0.1) is 0 Å². The highest BCUT2D eigenvalue weighted by Gasteiger charge is 2.11. The van der Waals surface area contributed by atoms with Gasteiger partial charge in [-0.05, 0) is 56.1 Å². The normalized spacial score (nSPS) is 10.5. The van der Waals surface area contributed by atoms with Crippen LogP contribution in [0.4, 0.5) is 5.69 Å². The van der Waals surface area contributed by atoms with Crippen molar-refractivity contribution >= 4 is 60.7 Å². The van der Waals surface area contributed by atoms with Crippen LogP contribution < -0.4 is 10.5 Å². The average molecular weight is 426 g/mol. The molecule has 0 heterocycles. The second-order valence-corrected chi connectivity index (χ2v) is 6.33. The van der Waals surface area contributed by atoms with Crippen molar-refractivity contribution in [2.45, 2.75) is 6.61 Å². The molecule has 0 radical (unpaired) electrons. The number of nitrogens with two attached hydrogens (primary N) is 1. The minimum atomic E-state index is 0.277. The number of anilines is 1. The van der Waals surface area contributed by atoms with Crippen LogP contribution in [0.3, 0.4) is 0 Å². The monoisotopic (exact) mass is 423 g/mol. The Bertz CT molecular complexity index is 576. The third kappa shape index (κ3) is 3.57. The topological polar surface area (TPSA) is 35.2 Å². The first-order valence-electron chi connectivity index (χ1n) is 5.29. The van der Waals surface area contributed by atoms with Crippen molar-refractivity contribution < 1.29 is 4.74 Å². The van der Waals surface area contributed by atoms with Crippen molar-refractivity contribution in [2.24, 2.45) is 0 Å². The summed E-state index contributed by atoms with van der Waals surface area (Å²) < 4.78 is 7.28. The van der Waals surface area contributed by atoms with Crippen molar-refractivity contribution in [3.63, 3.8) is 0 Å². The van der Waals surface area contributed by atoms with Gasteiger partial charge in [-0.2, -0.15) is 0 Å². The summed E-state index contributed by atoms with van der Waals surface area (Å²) in [5.41, 5.74) is 7.12. The number of hydrogen-bond acceptors (Lipinski definition) is 2. The summed E-state index contributed by atoms with van der Waals surface area (Å²) in [6.07, 6.45) is 0. The Labute approximate surface area is 138 Å². The first kappa shape index (κ1) is 15.0. The summed E-state index contributed by atoms with van der Waals surface area (Å²) >= 11 is 19.0. The van der Waals surface area contributed by atoms with Crippen LogP contribution in [-0.4, -0.2) is 0 Å². The van der Waals surface area contributed by atoms with Crippen molar-refractivity contribution in [3.8, 4) is 5.75 Å². The van der Waals surface area contributed by atoms with E-state index < -0.39 is 0 Å². The minimum absolute atomic E-state index is 0.277. The lowest BCUT2D eigenvalue weighted by Gasteiger charge is -2.13. The van der Waals surface area contributed by atoms with E-state index in [4.69, 9.17) is 33.7 Å². The van der Waals surface area contributed by atoms with Gasteiger partial charge in [0.05, 0.1) is 8.95 Å². The quantitative estimate of drug-likeness (QED) is 0.642. The lowest BCUT2D eigenvalue weighted by molar-refractivity contribution is 0.302. The maximum absolute atomic E-state index is 6.09. The number of rotatable bonds is 3. The van der Waals surface area contributed by atoms with Crippen LogP contribution in [0.25, 0.3) is 0 Å². The van der Waals surface area contributed by atoms with Crippen molar-refractivity contribution in [1.82, 2.24) is 0 Å². The van der Waals surface area contributed by atoms with Crippen LogP contribution in [0.1, 0.15) is 5.56 Å². The highest BCUT2D eigenvalue weighted by Crippen LogP contribution is 2.37. The molecule has 2 N–H and O–H groups in total. The lowest BCUT2D eigenvalue weighted by Crippen LogP contribution is -1.99. The lowest BCUT2D eigenvalue weighted by atomic mass is 10.2. The molecule has 0 atom stereocenters. The van der Waals surface area contributed by atoms with Crippen LogP contribution in [-0.2, 0) is 6.61 Å². The molecular formula is C13H9Br2Cl2NO. The molecule has 0 amide bonds. The summed E-state index contributed by atoms with van der Waals surface area (Å²) in [6, 6.07) is 8.89. The smallest absolute Gasteiger partial charge is 0.148 e. The highest BCUT2D eigenvalue weighted by molar-refractivity contribution is 9.11. The van der Waals surface area contributed by atoms with Crippen LogP contribution in [0.5, 0.6) is 5.75 Å². The maximum atomic E-state index is 6.09. The first-order chi connectivity index (χ1) is 8.99. The van der Waals surface area contributed by atoms with E-state index in [0.29, 0.717) is 21.5 Å². The summed E-state index contributed by atoms with van der Waals surface area (Å²) in [5, 5.41) is 1.16. The van der Waals surface area contributed by atoms with Gasteiger partial charge >= 0.3 is 0 Å². The van der Waals surface area contributed by atoms with E-state index >= 15 is 0 Å². The maximum Gasteiger partial charge on any atom is 0.148 e. The van der Waals surface area contributed by atoms with Gasteiger partial charge in [0.25, 0.3) is 0 Å². The summed E-state index contributed by atoms with van der Waals surface area (Å²) in [5.74, 6) is 0.658. The Hall–Kier alpha value is -0.420. The molecule has 0 unspecified atom stereocenters. The van der Waals surface area contributed by atoms with Gasteiger partial charge < -0.3 is 10.5 Å². The second kappa shape index (κ2) is 6.35. The summed E-state index contributed by atoms with van der Waals surface area (Å²) in [6.45, 7) is 0.277. The SMILES string of the molecule is Nc1cc(Br)c(OCc2c(Cl)cccc2Cl)c(Br)c1. The molecule has 0 saturated heterocycles. The molecule has 100 valence electrons. The van der Waals surface area contributed by atoms with Crippen molar-refractivity contribution in [3.05, 3.63) is 54.9 Å². The second-order valence-electron chi connectivity index (χ2n) is 3.80. The van der Waals surface area contributed by atoms with E-state index in [1.165, 1.54) is 0 Å². The van der Waals surface area contributed by atoms with E-state index in [2.05, 4.69) is 31.9 Å². The first-order valence-corrected chi connectivity index (χ1v) is 7.63. The van der Waals surface area contributed by atoms with Gasteiger partial charge in [-0.3, -0.25) is 0 Å². The Morgan fingerprint density at radius 2 is 1.58 bits per heavy atom. The van der Waals surface area contributed by atoms with Crippen LogP contribution in [0.15, 0.2) is 39.3 Å². The predicted molar refractivity (Wildman–Crippen MR) is 87.0 cm³/mol. The number of hydrogen-bond donors (Lipinski definition) is 1. The van der Waals surface area contributed by atoms with Gasteiger partial charge in [0, 0.05) is 21.3 Å². The molecular weight excluding hydrogens is 417 g/mol. The molecule has 19 heavy (non-hydrogen) atoms. The Kier molecular flexibility index (Phi) is 5.01. The van der Waals surface area contributed by atoms with Gasteiger partial charge in [0.2, 0.25) is 0 Å². The fourth-order valence-electron chi connectivity index (χ4n) is 1.53. The summed E-state index contributed by atoms with van der Waals surface area (Å²) in [4.78, 5) is 0. The third-order valence-electron chi connectivity index (χ3n) is 2.44. The van der Waals surface area contributed by atoms with Gasteiger partial charge in [0.1, 0.15) is 12.4 Å². The molecule has 0 bridgehead atoms. The largest absolute Gasteiger partial charge is 0.486 e. The van der Waals surface area contributed by atoms with E-state index in [1.54, 1.807) is 30.3 Å². The van der Waals surface area contributed by atoms with Gasteiger partial charge in [0.15, 0.2) is 0 Å². The number of ether oxygens (including phenoxy) is 1. The Morgan fingerprint density at radius 1 is 1.05 bits per heavy atom. The third-order valence-corrected chi connectivity index (χ3v) is 4.33. The molecule has 0 saturated carbocycles. The fraction of sp³-hybridized carbons (Fsp3) is 0.0769. The van der Waals surface area contributed by atoms with Crippen molar-refractivity contribution in [2.75, 3.05) is 5.73 Å². The van der Waals surface area contributed by atoms with E-state index in [9.17, 15) is 0 Å². The molecule has 0 aliphatic heterocycles. The van der Waals surface area contributed by atoms with Crippen LogP contribution in [0.2, 0.25) is 10.0 Å². The van der Waals surface area contributed by atoms with E-state index in [0.717, 1.165) is 14.5 Å². The zero-order valence-corrected chi connectivity index (χ0v) is 14.3. The Morgan fingerprint density at radius 3 is 2.11 bits per heavy atom. The molecule has 0 fully saturated rings. The Balaban J connectivity index is 2.24. The number of nitrogen functional groups attached to an aromatic ring is 1.